The second-order valence-corrected chi connectivity index (χ2v) is 5.69. The number of likely N-dealkylation sites (N-methyl/N-ethyl adjacent to an activating group) is 1. The normalized spacial score (nSPS) is 18.3. The summed E-state index contributed by atoms with van der Waals surface area (Å²) in [5.41, 5.74) is 1.25. The van der Waals surface area contributed by atoms with Gasteiger partial charge in [0.05, 0.1) is 22.2 Å². The molecule has 7 heteroatoms. The summed E-state index contributed by atoms with van der Waals surface area (Å²) in [4.78, 5) is 21.3. The summed E-state index contributed by atoms with van der Waals surface area (Å²) >= 11 is 0. The van der Waals surface area contributed by atoms with Crippen molar-refractivity contribution in [3.05, 3.63) is 34.5 Å². The second-order valence-electron chi connectivity index (χ2n) is 5.69. The van der Waals surface area contributed by atoms with Gasteiger partial charge in [0, 0.05) is 31.8 Å². The van der Waals surface area contributed by atoms with Crippen LogP contribution in [-0.4, -0.2) is 41.1 Å². The Morgan fingerprint density at radius 2 is 2.27 bits per heavy atom. The Morgan fingerprint density at radius 3 is 3.00 bits per heavy atom. The molecule has 1 aliphatic rings. The van der Waals surface area contributed by atoms with Gasteiger partial charge in [-0.1, -0.05) is 6.42 Å². The quantitative estimate of drug-likeness (QED) is 0.688. The highest BCUT2D eigenvalue weighted by atomic mass is 16.6. The van der Waals surface area contributed by atoms with Crippen LogP contribution in [-0.2, 0) is 0 Å². The summed E-state index contributed by atoms with van der Waals surface area (Å²) in [6, 6.07) is 5.04. The molecule has 0 unspecified atom stereocenters. The van der Waals surface area contributed by atoms with Crippen molar-refractivity contribution < 1.29 is 4.92 Å². The summed E-state index contributed by atoms with van der Waals surface area (Å²) in [5.74, 6) is 0.786. The van der Waals surface area contributed by atoms with Crippen LogP contribution in [0.1, 0.15) is 19.3 Å². The zero-order chi connectivity index (χ0) is 15.5. The predicted octanol–water partition coefficient (Wildman–Crippen LogP) is 2.12. The molecule has 1 aromatic heterocycles. The maximum absolute atomic E-state index is 10.8. The van der Waals surface area contributed by atoms with Crippen molar-refractivity contribution in [2.75, 3.05) is 25.0 Å². The Balaban J connectivity index is 1.78. The van der Waals surface area contributed by atoms with Gasteiger partial charge in [-0.2, -0.15) is 0 Å². The minimum atomic E-state index is -0.421. The van der Waals surface area contributed by atoms with E-state index in [2.05, 4.69) is 20.2 Å². The Kier molecular flexibility index (Phi) is 4.15. The smallest absolute Gasteiger partial charge is 0.271 e. The fourth-order valence-electron chi connectivity index (χ4n) is 2.79. The molecule has 0 spiro atoms. The number of aromatic nitrogens is 2. The van der Waals surface area contributed by atoms with Crippen LogP contribution in [0.15, 0.2) is 24.4 Å². The van der Waals surface area contributed by atoms with Gasteiger partial charge in [0.1, 0.15) is 5.82 Å². The molecular weight excluding hydrogens is 282 g/mol. The van der Waals surface area contributed by atoms with Crippen LogP contribution in [0.2, 0.25) is 0 Å². The molecule has 1 aliphatic heterocycles. The van der Waals surface area contributed by atoms with Crippen molar-refractivity contribution in [1.82, 2.24) is 15.3 Å². The molecule has 0 bridgehead atoms. The minimum Gasteiger partial charge on any atom is -0.357 e. The molecule has 22 heavy (non-hydrogen) atoms. The topological polar surface area (TPSA) is 84.2 Å². The van der Waals surface area contributed by atoms with Gasteiger partial charge < -0.3 is 10.2 Å². The molecule has 1 aromatic carbocycles. The zero-order valence-electron chi connectivity index (χ0n) is 12.5. The number of fused-ring (bicyclic) bond motifs is 1. The Labute approximate surface area is 128 Å². The summed E-state index contributed by atoms with van der Waals surface area (Å²) < 4.78 is 0. The monoisotopic (exact) mass is 301 g/mol. The standard InChI is InChI=1S/C15H19N5O2/c1-19(10-11-4-2-3-7-16-11)15-9-17-14-8-12(20(21)22)5-6-13(14)18-15/h5-6,8-9,11,16H,2-4,7,10H2,1H3/t11-/m1/s1. The Hall–Kier alpha value is -2.28. The van der Waals surface area contributed by atoms with Crippen molar-refractivity contribution in [2.45, 2.75) is 25.3 Å². The van der Waals surface area contributed by atoms with Crippen LogP contribution < -0.4 is 10.2 Å². The van der Waals surface area contributed by atoms with Gasteiger partial charge in [0.15, 0.2) is 0 Å². The molecule has 116 valence electrons. The van der Waals surface area contributed by atoms with Crippen LogP contribution in [0, 0.1) is 10.1 Å². The van der Waals surface area contributed by atoms with E-state index in [9.17, 15) is 10.1 Å². The molecule has 0 saturated carbocycles. The van der Waals surface area contributed by atoms with Gasteiger partial charge in [-0.05, 0) is 25.5 Å². The molecule has 1 N–H and O–H groups in total. The number of hydrogen-bond acceptors (Lipinski definition) is 6. The van der Waals surface area contributed by atoms with Crippen molar-refractivity contribution in [3.8, 4) is 0 Å². The molecule has 0 radical (unpaired) electrons. The lowest BCUT2D eigenvalue weighted by atomic mass is 10.0. The molecule has 7 nitrogen and oxygen atoms in total. The third kappa shape index (κ3) is 3.14. The molecule has 1 atom stereocenters. The number of nitrogens with zero attached hydrogens (tertiary/aromatic N) is 4. The van der Waals surface area contributed by atoms with Crippen LogP contribution in [0.5, 0.6) is 0 Å². The lowest BCUT2D eigenvalue weighted by Crippen LogP contribution is -2.42. The van der Waals surface area contributed by atoms with E-state index in [1.807, 2.05) is 7.05 Å². The average molecular weight is 301 g/mol. The third-order valence-electron chi connectivity index (χ3n) is 4.02. The number of anilines is 1. The maximum Gasteiger partial charge on any atom is 0.271 e. The van der Waals surface area contributed by atoms with E-state index in [-0.39, 0.29) is 5.69 Å². The third-order valence-corrected chi connectivity index (χ3v) is 4.02. The second kappa shape index (κ2) is 6.23. The molecule has 2 aromatic rings. The minimum absolute atomic E-state index is 0.0364. The van der Waals surface area contributed by atoms with Crippen LogP contribution >= 0.6 is 0 Å². The van der Waals surface area contributed by atoms with Crippen LogP contribution in [0.4, 0.5) is 11.5 Å². The average Bonchev–Trinajstić information content (AvgIpc) is 2.54. The first kappa shape index (κ1) is 14.6. The molecular formula is C15H19N5O2. The molecule has 0 amide bonds. The number of piperidine rings is 1. The molecule has 3 rings (SSSR count). The Morgan fingerprint density at radius 1 is 1.41 bits per heavy atom. The van der Waals surface area contributed by atoms with E-state index in [1.165, 1.54) is 31.4 Å². The molecule has 1 fully saturated rings. The van der Waals surface area contributed by atoms with Crippen LogP contribution in [0.3, 0.4) is 0 Å². The highest BCUT2D eigenvalue weighted by Crippen LogP contribution is 2.20. The Bertz CT molecular complexity index is 685. The summed E-state index contributed by atoms with van der Waals surface area (Å²) in [5, 5.41) is 14.3. The highest BCUT2D eigenvalue weighted by molar-refractivity contribution is 5.78. The number of nitrogens with one attached hydrogen (secondary N) is 1. The lowest BCUT2D eigenvalue weighted by molar-refractivity contribution is -0.384. The van der Waals surface area contributed by atoms with E-state index in [4.69, 9.17) is 0 Å². The number of non-ortho nitro benzene ring substituents is 1. The first-order valence-electron chi connectivity index (χ1n) is 7.49. The number of rotatable bonds is 4. The highest BCUT2D eigenvalue weighted by Gasteiger charge is 2.16. The first-order valence-corrected chi connectivity index (χ1v) is 7.49. The number of nitro groups is 1. The van der Waals surface area contributed by atoms with E-state index in [0.29, 0.717) is 17.1 Å². The summed E-state index contributed by atoms with van der Waals surface area (Å²) in [7, 11) is 2.00. The first-order chi connectivity index (χ1) is 10.6. The van der Waals surface area contributed by atoms with Crippen molar-refractivity contribution in [2.24, 2.45) is 0 Å². The van der Waals surface area contributed by atoms with E-state index in [1.54, 1.807) is 12.3 Å². The van der Waals surface area contributed by atoms with Gasteiger partial charge in [-0.15, -0.1) is 0 Å². The zero-order valence-corrected chi connectivity index (χ0v) is 12.5. The van der Waals surface area contributed by atoms with E-state index in [0.717, 1.165) is 18.9 Å². The van der Waals surface area contributed by atoms with E-state index >= 15 is 0 Å². The summed E-state index contributed by atoms with van der Waals surface area (Å²) in [6.45, 7) is 1.96. The SMILES string of the molecule is CN(C[C@H]1CCCCN1)c1cnc2cc([N+](=O)[O-])ccc2n1. The van der Waals surface area contributed by atoms with Crippen molar-refractivity contribution in [1.29, 1.82) is 0 Å². The predicted molar refractivity (Wildman–Crippen MR) is 85.1 cm³/mol. The number of hydrogen-bond donors (Lipinski definition) is 1. The van der Waals surface area contributed by atoms with E-state index < -0.39 is 4.92 Å². The van der Waals surface area contributed by atoms with Crippen molar-refractivity contribution >= 4 is 22.5 Å². The summed E-state index contributed by atoms with van der Waals surface area (Å²) in [6.07, 6.45) is 5.36. The number of nitro benzene ring substituents is 1. The van der Waals surface area contributed by atoms with Gasteiger partial charge in [0.25, 0.3) is 5.69 Å². The lowest BCUT2D eigenvalue weighted by Gasteiger charge is -2.28. The van der Waals surface area contributed by atoms with Gasteiger partial charge in [-0.25, -0.2) is 4.98 Å². The largest absolute Gasteiger partial charge is 0.357 e. The fraction of sp³-hybridized carbons (Fsp3) is 0.467. The maximum atomic E-state index is 10.8. The van der Waals surface area contributed by atoms with Crippen molar-refractivity contribution in [3.63, 3.8) is 0 Å². The molecule has 2 heterocycles. The van der Waals surface area contributed by atoms with Crippen LogP contribution in [0.25, 0.3) is 11.0 Å². The van der Waals surface area contributed by atoms with Gasteiger partial charge in [-0.3, -0.25) is 15.1 Å². The molecule has 1 saturated heterocycles. The number of benzene rings is 1. The fourth-order valence-corrected chi connectivity index (χ4v) is 2.79. The van der Waals surface area contributed by atoms with Gasteiger partial charge in [0.2, 0.25) is 0 Å². The van der Waals surface area contributed by atoms with Gasteiger partial charge >= 0.3 is 0 Å². The molecule has 0 aliphatic carbocycles.